The highest BCUT2D eigenvalue weighted by Crippen LogP contribution is 2.21. The molecule has 0 unspecified atom stereocenters. The molecule has 0 aliphatic rings. The molecule has 1 rings (SSSR count). The maximum atomic E-state index is 10.9. The van der Waals surface area contributed by atoms with Crippen molar-refractivity contribution in [2.75, 3.05) is 11.1 Å². The number of hydrogen-bond acceptors (Lipinski definition) is 3. The normalized spacial score (nSPS) is 12.1. The van der Waals surface area contributed by atoms with Crippen LogP contribution in [-0.4, -0.2) is 11.9 Å². The molecule has 0 aliphatic heterocycles. The first-order valence-electron chi connectivity index (χ1n) is 5.50. The summed E-state index contributed by atoms with van der Waals surface area (Å²) in [5.41, 5.74) is 12.8. The van der Waals surface area contributed by atoms with Gasteiger partial charge in [0.2, 0.25) is 5.91 Å². The fourth-order valence-corrected chi connectivity index (χ4v) is 1.62. The van der Waals surface area contributed by atoms with Gasteiger partial charge in [-0.25, -0.2) is 0 Å². The summed E-state index contributed by atoms with van der Waals surface area (Å²) in [7, 11) is 0. The summed E-state index contributed by atoms with van der Waals surface area (Å²) < 4.78 is 0. The maximum Gasteiger partial charge on any atom is 0.248 e. The number of anilines is 2. The van der Waals surface area contributed by atoms with E-state index in [1.165, 1.54) is 0 Å². The summed E-state index contributed by atoms with van der Waals surface area (Å²) in [4.78, 5) is 10.9. The van der Waals surface area contributed by atoms with Gasteiger partial charge in [0, 0.05) is 11.6 Å². The van der Waals surface area contributed by atoms with Crippen molar-refractivity contribution in [3.05, 3.63) is 23.8 Å². The topological polar surface area (TPSA) is 81.1 Å². The number of hydrogen-bond donors (Lipinski definition) is 3. The highest BCUT2D eigenvalue weighted by molar-refractivity contribution is 5.94. The van der Waals surface area contributed by atoms with Crippen molar-refractivity contribution >= 4 is 17.3 Å². The van der Waals surface area contributed by atoms with Crippen LogP contribution in [0.3, 0.4) is 0 Å². The molecular weight excluding hydrogens is 202 g/mol. The number of nitrogens with two attached hydrogens (primary N) is 2. The van der Waals surface area contributed by atoms with Crippen LogP contribution in [-0.2, 0) is 0 Å². The molecule has 0 bridgehead atoms. The molecule has 1 amide bonds. The molecule has 4 heteroatoms. The van der Waals surface area contributed by atoms with Crippen LogP contribution in [0.25, 0.3) is 0 Å². The molecule has 0 saturated heterocycles. The van der Waals surface area contributed by atoms with E-state index >= 15 is 0 Å². The monoisotopic (exact) mass is 221 g/mol. The standard InChI is InChI=1S/C12H19N3O/c1-3-4-8(2)15-11-6-5-9(12(14)16)7-10(11)13/h5-8,15H,3-4,13H2,1-2H3,(H2,14,16)/t8-/m0/s1. The van der Waals surface area contributed by atoms with Gasteiger partial charge in [-0.3, -0.25) is 4.79 Å². The van der Waals surface area contributed by atoms with Gasteiger partial charge in [-0.2, -0.15) is 0 Å². The van der Waals surface area contributed by atoms with Crippen LogP contribution in [0.1, 0.15) is 37.0 Å². The van der Waals surface area contributed by atoms with Gasteiger partial charge < -0.3 is 16.8 Å². The first-order chi connectivity index (χ1) is 7.54. The lowest BCUT2D eigenvalue weighted by atomic mass is 10.1. The molecule has 0 aliphatic carbocycles. The third kappa shape index (κ3) is 3.15. The van der Waals surface area contributed by atoms with Gasteiger partial charge in [-0.15, -0.1) is 0 Å². The third-order valence-corrected chi connectivity index (χ3v) is 2.46. The van der Waals surface area contributed by atoms with E-state index in [1.54, 1.807) is 18.2 Å². The van der Waals surface area contributed by atoms with Crippen LogP contribution in [0.4, 0.5) is 11.4 Å². The number of benzene rings is 1. The Morgan fingerprint density at radius 2 is 2.19 bits per heavy atom. The Bertz CT molecular complexity index is 377. The number of carbonyl (C=O) groups is 1. The van der Waals surface area contributed by atoms with Crippen molar-refractivity contribution in [2.45, 2.75) is 32.7 Å². The molecule has 1 atom stereocenters. The Kier molecular flexibility index (Phi) is 4.17. The summed E-state index contributed by atoms with van der Waals surface area (Å²) in [5, 5.41) is 3.30. The zero-order chi connectivity index (χ0) is 12.1. The Labute approximate surface area is 96.0 Å². The maximum absolute atomic E-state index is 10.9. The first kappa shape index (κ1) is 12.4. The smallest absolute Gasteiger partial charge is 0.248 e. The van der Waals surface area contributed by atoms with Crippen LogP contribution in [0, 0.1) is 0 Å². The zero-order valence-corrected chi connectivity index (χ0v) is 9.79. The van der Waals surface area contributed by atoms with E-state index in [4.69, 9.17) is 11.5 Å². The van der Waals surface area contributed by atoms with Gasteiger partial charge in [0.05, 0.1) is 11.4 Å². The summed E-state index contributed by atoms with van der Waals surface area (Å²) in [6.07, 6.45) is 2.20. The third-order valence-electron chi connectivity index (χ3n) is 2.46. The van der Waals surface area contributed by atoms with Crippen LogP contribution < -0.4 is 16.8 Å². The van der Waals surface area contributed by atoms with Crippen LogP contribution in [0.2, 0.25) is 0 Å². The molecule has 0 saturated carbocycles. The molecule has 0 spiro atoms. The lowest BCUT2D eigenvalue weighted by Crippen LogP contribution is -2.16. The number of amides is 1. The van der Waals surface area contributed by atoms with Crippen molar-refractivity contribution in [1.29, 1.82) is 0 Å². The SMILES string of the molecule is CCC[C@H](C)Nc1ccc(C(N)=O)cc1N. The fourth-order valence-electron chi connectivity index (χ4n) is 1.62. The van der Waals surface area contributed by atoms with Crippen LogP contribution in [0.15, 0.2) is 18.2 Å². The Morgan fingerprint density at radius 1 is 1.50 bits per heavy atom. The van der Waals surface area contributed by atoms with Crippen molar-refractivity contribution in [1.82, 2.24) is 0 Å². The number of nitrogens with one attached hydrogen (secondary N) is 1. The van der Waals surface area contributed by atoms with E-state index in [0.29, 0.717) is 17.3 Å². The Balaban J connectivity index is 2.79. The first-order valence-corrected chi connectivity index (χ1v) is 5.50. The highest BCUT2D eigenvalue weighted by atomic mass is 16.1. The lowest BCUT2D eigenvalue weighted by molar-refractivity contribution is 0.100. The van der Waals surface area contributed by atoms with Gasteiger partial charge in [-0.1, -0.05) is 13.3 Å². The predicted octanol–water partition coefficient (Wildman–Crippen LogP) is 1.97. The van der Waals surface area contributed by atoms with Gasteiger partial charge in [0.15, 0.2) is 0 Å². The van der Waals surface area contributed by atoms with E-state index < -0.39 is 5.91 Å². The second-order valence-corrected chi connectivity index (χ2v) is 4.00. The molecule has 0 fully saturated rings. The summed E-state index contributed by atoms with van der Waals surface area (Å²) in [6, 6.07) is 5.44. The average Bonchev–Trinajstić information content (AvgIpc) is 2.21. The molecule has 16 heavy (non-hydrogen) atoms. The number of primary amides is 1. The lowest BCUT2D eigenvalue weighted by Gasteiger charge is -2.16. The van der Waals surface area contributed by atoms with E-state index in [-0.39, 0.29) is 0 Å². The van der Waals surface area contributed by atoms with Gasteiger partial charge in [0.25, 0.3) is 0 Å². The largest absolute Gasteiger partial charge is 0.397 e. The highest BCUT2D eigenvalue weighted by Gasteiger charge is 2.06. The molecule has 5 N–H and O–H groups in total. The van der Waals surface area contributed by atoms with E-state index in [1.807, 2.05) is 0 Å². The molecule has 0 radical (unpaired) electrons. The van der Waals surface area contributed by atoms with Crippen molar-refractivity contribution in [3.63, 3.8) is 0 Å². The quantitative estimate of drug-likeness (QED) is 0.665. The second-order valence-electron chi connectivity index (χ2n) is 4.00. The van der Waals surface area contributed by atoms with Crippen LogP contribution >= 0.6 is 0 Å². The second kappa shape index (κ2) is 5.39. The van der Waals surface area contributed by atoms with E-state index in [2.05, 4.69) is 19.2 Å². The van der Waals surface area contributed by atoms with Crippen LogP contribution in [0.5, 0.6) is 0 Å². The summed E-state index contributed by atoms with van der Waals surface area (Å²) in [6.45, 7) is 4.24. The minimum atomic E-state index is -0.458. The number of carbonyl (C=O) groups excluding carboxylic acids is 1. The van der Waals surface area contributed by atoms with Gasteiger partial charge in [-0.05, 0) is 31.5 Å². The van der Waals surface area contributed by atoms with Gasteiger partial charge in [0.1, 0.15) is 0 Å². The summed E-state index contributed by atoms with van der Waals surface area (Å²) >= 11 is 0. The van der Waals surface area contributed by atoms with E-state index in [9.17, 15) is 4.79 Å². The summed E-state index contributed by atoms with van der Waals surface area (Å²) in [5.74, 6) is -0.458. The molecule has 1 aromatic carbocycles. The Morgan fingerprint density at radius 3 is 2.69 bits per heavy atom. The minimum absolute atomic E-state index is 0.367. The number of rotatable bonds is 5. The number of nitrogen functional groups attached to an aromatic ring is 1. The molecule has 0 heterocycles. The molecule has 88 valence electrons. The predicted molar refractivity (Wildman–Crippen MR) is 67.4 cm³/mol. The van der Waals surface area contributed by atoms with Crippen molar-refractivity contribution < 1.29 is 4.79 Å². The molecule has 4 nitrogen and oxygen atoms in total. The Hall–Kier alpha value is -1.71. The minimum Gasteiger partial charge on any atom is -0.397 e. The molecule has 1 aromatic rings. The van der Waals surface area contributed by atoms with Crippen molar-refractivity contribution in [3.8, 4) is 0 Å². The molecular formula is C12H19N3O. The van der Waals surface area contributed by atoms with Crippen molar-refractivity contribution in [2.24, 2.45) is 5.73 Å². The molecule has 0 aromatic heterocycles. The zero-order valence-electron chi connectivity index (χ0n) is 9.79. The van der Waals surface area contributed by atoms with Gasteiger partial charge >= 0.3 is 0 Å². The van der Waals surface area contributed by atoms with E-state index in [0.717, 1.165) is 18.5 Å². The average molecular weight is 221 g/mol. The fraction of sp³-hybridized carbons (Fsp3) is 0.417.